The summed E-state index contributed by atoms with van der Waals surface area (Å²) in [5.41, 5.74) is 0.582. The highest BCUT2D eigenvalue weighted by atomic mass is 79.9. The number of halogens is 1. The van der Waals surface area contributed by atoms with Crippen LogP contribution in [0.15, 0.2) is 0 Å². The molecule has 1 nitrogen and oxygen atoms in total. The first kappa shape index (κ1) is 11.5. The summed E-state index contributed by atoms with van der Waals surface area (Å²) in [7, 11) is 2.24. The van der Waals surface area contributed by atoms with Gasteiger partial charge in [0.2, 0.25) is 0 Å². The molecule has 0 N–H and O–H groups in total. The topological polar surface area (TPSA) is 3.24 Å². The van der Waals surface area contributed by atoms with Crippen LogP contribution in [0.3, 0.4) is 0 Å². The average molecular weight is 248 g/mol. The van der Waals surface area contributed by atoms with Crippen LogP contribution in [0.5, 0.6) is 0 Å². The van der Waals surface area contributed by atoms with Crippen molar-refractivity contribution in [2.24, 2.45) is 5.41 Å². The molecule has 0 amide bonds. The van der Waals surface area contributed by atoms with Gasteiger partial charge in [-0.25, -0.2) is 0 Å². The number of hydrogen-bond donors (Lipinski definition) is 0. The van der Waals surface area contributed by atoms with Gasteiger partial charge in [0.15, 0.2) is 0 Å². The highest BCUT2D eigenvalue weighted by molar-refractivity contribution is 9.09. The van der Waals surface area contributed by atoms with Crippen molar-refractivity contribution in [1.82, 2.24) is 4.90 Å². The quantitative estimate of drug-likeness (QED) is 0.690. The van der Waals surface area contributed by atoms with E-state index >= 15 is 0 Å². The second-order valence-electron chi connectivity index (χ2n) is 4.85. The van der Waals surface area contributed by atoms with Crippen molar-refractivity contribution in [2.75, 3.05) is 18.9 Å². The van der Waals surface area contributed by atoms with Crippen molar-refractivity contribution in [3.05, 3.63) is 0 Å². The molecule has 0 unspecified atom stereocenters. The van der Waals surface area contributed by atoms with Crippen LogP contribution in [0, 0.1) is 5.41 Å². The van der Waals surface area contributed by atoms with E-state index in [-0.39, 0.29) is 0 Å². The first-order valence-corrected chi connectivity index (χ1v) is 6.48. The highest BCUT2D eigenvalue weighted by Gasteiger charge is 2.33. The van der Waals surface area contributed by atoms with Crippen LogP contribution in [0.1, 0.15) is 39.5 Å². The van der Waals surface area contributed by atoms with Gasteiger partial charge in [-0.05, 0) is 39.2 Å². The maximum absolute atomic E-state index is 3.68. The largest absolute Gasteiger partial charge is 0.303 e. The third-order valence-electron chi connectivity index (χ3n) is 3.41. The maximum Gasteiger partial charge on any atom is 0.0100 e. The van der Waals surface area contributed by atoms with Gasteiger partial charge >= 0.3 is 0 Å². The van der Waals surface area contributed by atoms with E-state index in [4.69, 9.17) is 0 Å². The molecule has 1 rings (SSSR count). The normalized spacial score (nSPS) is 21.7. The molecule has 2 heteroatoms. The smallest absolute Gasteiger partial charge is 0.0100 e. The second-order valence-corrected chi connectivity index (χ2v) is 5.41. The average Bonchev–Trinajstić information content (AvgIpc) is 2.54. The molecule has 0 atom stereocenters. The minimum Gasteiger partial charge on any atom is -0.303 e. The number of hydrogen-bond acceptors (Lipinski definition) is 1. The summed E-state index contributed by atoms with van der Waals surface area (Å²) in [6, 6.07) is 0.677. The van der Waals surface area contributed by atoms with Gasteiger partial charge in [0.25, 0.3) is 0 Å². The minimum atomic E-state index is 0.582. The van der Waals surface area contributed by atoms with Crippen molar-refractivity contribution in [1.29, 1.82) is 0 Å². The molecule has 0 aliphatic heterocycles. The molecule has 0 aromatic rings. The minimum absolute atomic E-state index is 0.582. The molecule has 1 aliphatic carbocycles. The summed E-state index contributed by atoms with van der Waals surface area (Å²) in [5.74, 6) is 0. The molecule has 1 aliphatic rings. The van der Waals surface area contributed by atoms with Crippen LogP contribution < -0.4 is 0 Å². The summed E-state index contributed by atoms with van der Waals surface area (Å²) in [5, 5.41) is 1.18. The van der Waals surface area contributed by atoms with Gasteiger partial charge in [-0.15, -0.1) is 0 Å². The fraction of sp³-hybridized carbons (Fsp3) is 1.00. The van der Waals surface area contributed by atoms with Gasteiger partial charge in [0.1, 0.15) is 0 Å². The molecule has 0 heterocycles. The van der Waals surface area contributed by atoms with Crippen molar-refractivity contribution in [3.63, 3.8) is 0 Å². The predicted molar refractivity (Wildman–Crippen MR) is 62.5 cm³/mol. The van der Waals surface area contributed by atoms with Gasteiger partial charge in [-0.3, -0.25) is 0 Å². The molecule has 13 heavy (non-hydrogen) atoms. The van der Waals surface area contributed by atoms with Crippen LogP contribution in [-0.4, -0.2) is 29.9 Å². The lowest BCUT2D eigenvalue weighted by atomic mass is 9.88. The van der Waals surface area contributed by atoms with Crippen molar-refractivity contribution in [3.8, 4) is 0 Å². The van der Waals surface area contributed by atoms with E-state index < -0.39 is 0 Å². The van der Waals surface area contributed by atoms with Crippen molar-refractivity contribution >= 4 is 15.9 Å². The molecule has 0 radical (unpaired) electrons. The van der Waals surface area contributed by atoms with E-state index in [0.29, 0.717) is 11.5 Å². The Hall–Kier alpha value is 0.440. The van der Waals surface area contributed by atoms with Crippen LogP contribution in [-0.2, 0) is 0 Å². The van der Waals surface area contributed by atoms with E-state index in [2.05, 4.69) is 41.7 Å². The van der Waals surface area contributed by atoms with Crippen molar-refractivity contribution < 1.29 is 0 Å². The van der Waals surface area contributed by atoms with Crippen LogP contribution >= 0.6 is 15.9 Å². The number of alkyl halides is 1. The molecule has 1 fully saturated rings. The third-order valence-corrected chi connectivity index (χ3v) is 4.60. The molecule has 78 valence electrons. The summed E-state index contributed by atoms with van der Waals surface area (Å²) >= 11 is 3.68. The molecule has 1 saturated carbocycles. The number of rotatable bonds is 4. The van der Waals surface area contributed by atoms with Gasteiger partial charge in [-0.2, -0.15) is 0 Å². The Morgan fingerprint density at radius 2 is 1.85 bits per heavy atom. The first-order chi connectivity index (χ1) is 6.09. The lowest BCUT2D eigenvalue weighted by molar-refractivity contribution is 0.171. The zero-order valence-corrected chi connectivity index (χ0v) is 10.7. The van der Waals surface area contributed by atoms with Crippen molar-refractivity contribution in [2.45, 2.75) is 45.6 Å². The summed E-state index contributed by atoms with van der Waals surface area (Å²) in [6.07, 6.45) is 5.68. The lowest BCUT2D eigenvalue weighted by Crippen LogP contribution is -2.38. The molecular formula is C11H22BrN. The molecule has 0 saturated heterocycles. The Labute approximate surface area is 91.0 Å². The maximum atomic E-state index is 3.68. The molecular weight excluding hydrogens is 226 g/mol. The van der Waals surface area contributed by atoms with Crippen LogP contribution in [0.2, 0.25) is 0 Å². The SMILES string of the molecule is CC(C)N(C)CC1(CBr)CCCC1. The lowest BCUT2D eigenvalue weighted by Gasteiger charge is -2.34. The van der Waals surface area contributed by atoms with Crippen LogP contribution in [0.4, 0.5) is 0 Å². The highest BCUT2D eigenvalue weighted by Crippen LogP contribution is 2.40. The Morgan fingerprint density at radius 3 is 2.23 bits per heavy atom. The summed E-state index contributed by atoms with van der Waals surface area (Å²) in [6.45, 7) is 5.81. The molecule has 0 spiro atoms. The summed E-state index contributed by atoms with van der Waals surface area (Å²) < 4.78 is 0. The van der Waals surface area contributed by atoms with E-state index in [0.717, 1.165) is 0 Å². The predicted octanol–water partition coefficient (Wildman–Crippen LogP) is 3.28. The summed E-state index contributed by atoms with van der Waals surface area (Å²) in [4.78, 5) is 2.48. The van der Waals surface area contributed by atoms with Gasteiger partial charge in [0.05, 0.1) is 0 Å². The Morgan fingerprint density at radius 1 is 1.31 bits per heavy atom. The zero-order valence-electron chi connectivity index (χ0n) is 9.15. The Kier molecular flexibility index (Phi) is 4.24. The monoisotopic (exact) mass is 247 g/mol. The zero-order chi connectivity index (χ0) is 9.90. The Bertz CT molecular complexity index is 150. The second kappa shape index (κ2) is 4.79. The Balaban J connectivity index is 2.48. The fourth-order valence-corrected chi connectivity index (χ4v) is 2.91. The van der Waals surface area contributed by atoms with Crippen LogP contribution in [0.25, 0.3) is 0 Å². The van der Waals surface area contributed by atoms with Gasteiger partial charge in [-0.1, -0.05) is 28.8 Å². The molecule has 0 aromatic heterocycles. The third kappa shape index (κ3) is 2.95. The van der Waals surface area contributed by atoms with Gasteiger partial charge < -0.3 is 4.90 Å². The molecule has 0 bridgehead atoms. The van der Waals surface area contributed by atoms with E-state index in [1.165, 1.54) is 37.6 Å². The first-order valence-electron chi connectivity index (χ1n) is 5.36. The number of nitrogens with zero attached hydrogens (tertiary/aromatic N) is 1. The molecule has 0 aromatic carbocycles. The van der Waals surface area contributed by atoms with Gasteiger partial charge in [0, 0.05) is 17.9 Å². The fourth-order valence-electron chi connectivity index (χ4n) is 2.17. The van der Waals surface area contributed by atoms with E-state index in [1.54, 1.807) is 0 Å². The van der Waals surface area contributed by atoms with E-state index in [1.807, 2.05) is 0 Å². The standard InChI is InChI=1S/C11H22BrN/c1-10(2)13(3)9-11(8-12)6-4-5-7-11/h10H,4-9H2,1-3H3. The van der Waals surface area contributed by atoms with E-state index in [9.17, 15) is 0 Å².